The first-order valence-electron chi connectivity index (χ1n) is 7.92. The maximum Gasteiger partial charge on any atom is 0.191 e. The van der Waals surface area contributed by atoms with Gasteiger partial charge in [-0.1, -0.05) is 0 Å². The fourth-order valence-electron chi connectivity index (χ4n) is 2.32. The first-order valence-corrected chi connectivity index (χ1v) is 8.80. The van der Waals surface area contributed by atoms with E-state index < -0.39 is 0 Å². The molecule has 2 rings (SSSR count). The Hall–Kier alpha value is -0.380. The molecule has 1 aromatic heterocycles. The van der Waals surface area contributed by atoms with Crippen LogP contribution in [0.2, 0.25) is 0 Å². The summed E-state index contributed by atoms with van der Waals surface area (Å²) in [7, 11) is 1.80. The first-order chi connectivity index (χ1) is 10.8. The molecule has 1 aliphatic rings. The van der Waals surface area contributed by atoms with Crippen LogP contribution in [0.3, 0.4) is 0 Å². The first kappa shape index (κ1) is 20.7. The summed E-state index contributed by atoms with van der Waals surface area (Å²) in [6.07, 6.45) is 2.11. The molecule has 2 N–H and O–H groups in total. The highest BCUT2D eigenvalue weighted by atomic mass is 127. The highest BCUT2D eigenvalue weighted by Gasteiger charge is 2.15. The summed E-state index contributed by atoms with van der Waals surface area (Å²) in [6.45, 7) is 7.18. The van der Waals surface area contributed by atoms with Crippen molar-refractivity contribution in [2.45, 2.75) is 26.3 Å². The van der Waals surface area contributed by atoms with Crippen molar-refractivity contribution in [1.29, 1.82) is 0 Å². The smallest absolute Gasteiger partial charge is 0.191 e. The zero-order valence-corrected chi connectivity index (χ0v) is 17.1. The van der Waals surface area contributed by atoms with E-state index in [4.69, 9.17) is 9.47 Å². The average molecular weight is 453 g/mol. The summed E-state index contributed by atoms with van der Waals surface area (Å²) >= 11 is 1.77. The Morgan fingerprint density at radius 1 is 1.48 bits per heavy atom. The minimum absolute atomic E-state index is 0. The van der Waals surface area contributed by atoms with E-state index in [0.717, 1.165) is 58.3 Å². The van der Waals surface area contributed by atoms with Crippen LogP contribution in [0, 0.1) is 12.8 Å². The summed E-state index contributed by atoms with van der Waals surface area (Å²) in [5, 5.41) is 8.78. The third kappa shape index (κ3) is 7.82. The molecule has 23 heavy (non-hydrogen) atoms. The quantitative estimate of drug-likeness (QED) is 0.275. The van der Waals surface area contributed by atoms with Gasteiger partial charge in [0, 0.05) is 37.6 Å². The van der Waals surface area contributed by atoms with Gasteiger partial charge in [-0.05, 0) is 36.8 Å². The van der Waals surface area contributed by atoms with Gasteiger partial charge >= 0.3 is 0 Å². The molecule has 0 spiro atoms. The number of halogens is 1. The fraction of sp³-hybridized carbons (Fsp3) is 0.688. The van der Waals surface area contributed by atoms with Gasteiger partial charge in [-0.2, -0.15) is 0 Å². The van der Waals surface area contributed by atoms with Crippen LogP contribution in [0.5, 0.6) is 0 Å². The molecule has 132 valence electrons. The molecule has 1 fully saturated rings. The van der Waals surface area contributed by atoms with Crippen molar-refractivity contribution in [3.8, 4) is 0 Å². The van der Waals surface area contributed by atoms with Crippen molar-refractivity contribution in [3.63, 3.8) is 0 Å². The number of hydrogen-bond acceptors (Lipinski definition) is 4. The highest BCUT2D eigenvalue weighted by molar-refractivity contribution is 14.0. The lowest BCUT2D eigenvalue weighted by atomic mass is 10.1. The number of aliphatic imine (C=N–C) groups is 1. The highest BCUT2D eigenvalue weighted by Crippen LogP contribution is 2.14. The minimum atomic E-state index is 0. The third-order valence-corrected chi connectivity index (χ3v) is 4.77. The Labute approximate surface area is 160 Å². The molecule has 7 heteroatoms. The van der Waals surface area contributed by atoms with Crippen LogP contribution in [0.25, 0.3) is 0 Å². The lowest BCUT2D eigenvalue weighted by Gasteiger charge is -2.12. The second-order valence-corrected chi connectivity index (χ2v) is 6.54. The Morgan fingerprint density at radius 2 is 2.35 bits per heavy atom. The van der Waals surface area contributed by atoms with Gasteiger partial charge in [0.15, 0.2) is 5.96 Å². The molecule has 2 heterocycles. The monoisotopic (exact) mass is 453 g/mol. The number of thiophene rings is 1. The predicted octanol–water partition coefficient (Wildman–Crippen LogP) is 2.78. The molecule has 1 aliphatic heterocycles. The van der Waals surface area contributed by atoms with Crippen molar-refractivity contribution in [2.75, 3.05) is 40.0 Å². The molecule has 0 amide bonds. The molecule has 5 nitrogen and oxygen atoms in total. The molecule has 1 saturated heterocycles. The number of ether oxygens (including phenoxy) is 2. The van der Waals surface area contributed by atoms with Crippen LogP contribution in [0.4, 0.5) is 0 Å². The van der Waals surface area contributed by atoms with Crippen molar-refractivity contribution in [2.24, 2.45) is 10.9 Å². The standard InChI is InChI=1S/C16H27N3O2S.HI/c1-13-5-9-22-15(13)10-19-16(17-2)18-6-3-7-20-11-14-4-8-21-12-14;/h5,9,14H,3-4,6-8,10-12H2,1-2H3,(H2,17,18,19);1H. The van der Waals surface area contributed by atoms with E-state index in [0.29, 0.717) is 5.92 Å². The molecular formula is C16H28IN3O2S. The molecule has 0 aromatic carbocycles. The Bertz CT molecular complexity index is 462. The van der Waals surface area contributed by atoms with E-state index in [1.165, 1.54) is 10.4 Å². The van der Waals surface area contributed by atoms with Gasteiger partial charge in [0.05, 0.1) is 19.8 Å². The number of hydrogen-bond donors (Lipinski definition) is 2. The molecule has 1 aromatic rings. The van der Waals surface area contributed by atoms with Crippen LogP contribution < -0.4 is 10.6 Å². The van der Waals surface area contributed by atoms with E-state index in [1.807, 2.05) is 0 Å². The summed E-state index contributed by atoms with van der Waals surface area (Å²) in [5.74, 6) is 1.44. The normalized spacial score (nSPS) is 17.8. The van der Waals surface area contributed by atoms with Gasteiger partial charge in [0.25, 0.3) is 0 Å². The number of guanidine groups is 1. The molecule has 0 bridgehead atoms. The molecule has 0 aliphatic carbocycles. The van der Waals surface area contributed by atoms with Crippen molar-refractivity contribution in [3.05, 3.63) is 21.9 Å². The van der Waals surface area contributed by atoms with Gasteiger partial charge in [0.2, 0.25) is 0 Å². The second-order valence-electron chi connectivity index (χ2n) is 5.54. The minimum Gasteiger partial charge on any atom is -0.381 e. The fourth-order valence-corrected chi connectivity index (χ4v) is 3.16. The van der Waals surface area contributed by atoms with Gasteiger partial charge in [-0.15, -0.1) is 35.3 Å². The maximum atomic E-state index is 5.69. The van der Waals surface area contributed by atoms with Gasteiger partial charge in [-0.25, -0.2) is 0 Å². The Kier molecular flexibility index (Phi) is 10.8. The van der Waals surface area contributed by atoms with E-state index in [-0.39, 0.29) is 24.0 Å². The third-order valence-electron chi connectivity index (χ3n) is 3.74. The van der Waals surface area contributed by atoms with Crippen LogP contribution in [0.1, 0.15) is 23.3 Å². The Morgan fingerprint density at radius 3 is 3.00 bits per heavy atom. The summed E-state index contributed by atoms with van der Waals surface area (Å²) in [6, 6.07) is 2.14. The lowest BCUT2D eigenvalue weighted by Crippen LogP contribution is -2.37. The molecule has 1 unspecified atom stereocenters. The topological polar surface area (TPSA) is 54.9 Å². The number of nitrogens with zero attached hydrogens (tertiary/aromatic N) is 1. The number of aryl methyl sites for hydroxylation is 1. The molecule has 1 atom stereocenters. The van der Waals surface area contributed by atoms with E-state index in [2.05, 4.69) is 34.0 Å². The van der Waals surface area contributed by atoms with Gasteiger partial charge in [0.1, 0.15) is 0 Å². The molecule has 0 radical (unpaired) electrons. The summed E-state index contributed by atoms with van der Waals surface area (Å²) < 4.78 is 11.0. The van der Waals surface area contributed by atoms with Crippen LogP contribution >= 0.6 is 35.3 Å². The predicted molar refractivity (Wildman–Crippen MR) is 107 cm³/mol. The van der Waals surface area contributed by atoms with Crippen LogP contribution in [0.15, 0.2) is 16.4 Å². The van der Waals surface area contributed by atoms with E-state index >= 15 is 0 Å². The summed E-state index contributed by atoms with van der Waals surface area (Å²) in [5.41, 5.74) is 1.33. The van der Waals surface area contributed by atoms with Crippen LogP contribution in [-0.2, 0) is 16.0 Å². The van der Waals surface area contributed by atoms with Gasteiger partial charge in [-0.3, -0.25) is 4.99 Å². The SMILES string of the molecule is CN=C(NCCCOCC1CCOC1)NCc1sccc1C.I. The van der Waals surface area contributed by atoms with E-state index in [1.54, 1.807) is 18.4 Å². The zero-order chi connectivity index (χ0) is 15.6. The van der Waals surface area contributed by atoms with Crippen molar-refractivity contribution in [1.82, 2.24) is 10.6 Å². The van der Waals surface area contributed by atoms with E-state index in [9.17, 15) is 0 Å². The average Bonchev–Trinajstić information content (AvgIpc) is 3.17. The van der Waals surface area contributed by atoms with Gasteiger partial charge < -0.3 is 20.1 Å². The lowest BCUT2D eigenvalue weighted by molar-refractivity contribution is 0.0888. The summed E-state index contributed by atoms with van der Waals surface area (Å²) in [4.78, 5) is 5.59. The van der Waals surface area contributed by atoms with Crippen LogP contribution in [-0.4, -0.2) is 46.0 Å². The maximum absolute atomic E-state index is 5.69. The largest absolute Gasteiger partial charge is 0.381 e. The second kappa shape index (κ2) is 12.0. The zero-order valence-electron chi connectivity index (χ0n) is 14.0. The number of rotatable bonds is 8. The van der Waals surface area contributed by atoms with Crippen molar-refractivity contribution < 1.29 is 9.47 Å². The Balaban J connectivity index is 0.00000264. The molecular weight excluding hydrogens is 425 g/mol. The molecule has 0 saturated carbocycles. The van der Waals surface area contributed by atoms with Crippen molar-refractivity contribution >= 4 is 41.3 Å². The number of nitrogens with one attached hydrogen (secondary N) is 2.